The number of nitrogens with two attached hydrogens (primary N) is 1. The van der Waals surface area contributed by atoms with E-state index in [2.05, 4.69) is 10.2 Å². The van der Waals surface area contributed by atoms with E-state index in [4.69, 9.17) is 5.73 Å². The highest BCUT2D eigenvalue weighted by Gasteiger charge is 2.12. The van der Waals surface area contributed by atoms with E-state index in [1.54, 1.807) is 6.92 Å². The number of carbonyl (C=O) groups is 1. The number of amides is 1. The smallest absolute Gasteiger partial charge is 0.271 e. The lowest BCUT2D eigenvalue weighted by atomic mass is 10.2. The topological polar surface area (TPSA) is 73.8 Å². The lowest BCUT2D eigenvalue weighted by Gasteiger charge is -1.99. The van der Waals surface area contributed by atoms with Gasteiger partial charge in [-0.25, -0.2) is 0 Å². The van der Waals surface area contributed by atoms with Crippen LogP contribution in [0.15, 0.2) is 24.3 Å². The van der Waals surface area contributed by atoms with Gasteiger partial charge in [-0.3, -0.25) is 4.79 Å². The first-order valence-corrected chi connectivity index (χ1v) is 4.88. The Bertz CT molecular complexity index is 545. The Morgan fingerprint density at radius 1 is 1.31 bits per heavy atom. The molecule has 0 saturated carbocycles. The zero-order valence-electron chi connectivity index (χ0n) is 9.14. The average molecular weight is 216 g/mol. The molecule has 5 heteroatoms. The largest absolute Gasteiger partial charge is 0.364 e. The minimum absolute atomic E-state index is 0.210. The van der Waals surface area contributed by atoms with E-state index in [-0.39, 0.29) is 5.69 Å². The number of aromatic nitrogens is 3. The van der Waals surface area contributed by atoms with Gasteiger partial charge in [-0.1, -0.05) is 12.1 Å². The minimum Gasteiger partial charge on any atom is -0.364 e. The summed E-state index contributed by atoms with van der Waals surface area (Å²) in [5.41, 5.74) is 7.85. The van der Waals surface area contributed by atoms with Crippen LogP contribution in [0, 0.1) is 13.8 Å². The number of aryl methyl sites for hydroxylation is 2. The van der Waals surface area contributed by atoms with Crippen LogP contribution >= 0.6 is 0 Å². The molecule has 1 amide bonds. The summed E-state index contributed by atoms with van der Waals surface area (Å²) < 4.78 is 0. The summed E-state index contributed by atoms with van der Waals surface area (Å²) in [4.78, 5) is 12.5. The molecule has 0 atom stereocenters. The molecular weight excluding hydrogens is 204 g/mol. The molecule has 1 aromatic carbocycles. The van der Waals surface area contributed by atoms with E-state index in [1.807, 2.05) is 31.2 Å². The van der Waals surface area contributed by atoms with Crippen LogP contribution in [0.5, 0.6) is 0 Å². The fourth-order valence-electron chi connectivity index (χ4n) is 1.47. The van der Waals surface area contributed by atoms with Crippen molar-refractivity contribution in [2.24, 2.45) is 5.73 Å². The zero-order chi connectivity index (χ0) is 11.7. The quantitative estimate of drug-likeness (QED) is 0.813. The normalized spacial score (nSPS) is 10.4. The minimum atomic E-state index is -0.559. The van der Waals surface area contributed by atoms with Crippen molar-refractivity contribution in [1.82, 2.24) is 15.0 Å². The summed E-state index contributed by atoms with van der Waals surface area (Å²) in [5.74, 6) is -0.559. The van der Waals surface area contributed by atoms with Gasteiger partial charge in [0.25, 0.3) is 5.91 Å². The second kappa shape index (κ2) is 3.77. The zero-order valence-corrected chi connectivity index (χ0v) is 9.14. The highest BCUT2D eigenvalue weighted by molar-refractivity contribution is 5.91. The summed E-state index contributed by atoms with van der Waals surface area (Å²) in [6.07, 6.45) is 0. The Balaban J connectivity index is 2.49. The van der Waals surface area contributed by atoms with Gasteiger partial charge < -0.3 is 5.73 Å². The molecule has 0 fully saturated rings. The van der Waals surface area contributed by atoms with Crippen LogP contribution in [-0.4, -0.2) is 20.9 Å². The Morgan fingerprint density at radius 2 is 2.06 bits per heavy atom. The number of carbonyl (C=O) groups excluding carboxylic acids is 1. The fourth-order valence-corrected chi connectivity index (χ4v) is 1.47. The van der Waals surface area contributed by atoms with E-state index in [0.29, 0.717) is 5.69 Å². The molecule has 0 radical (unpaired) electrons. The number of primary amides is 1. The monoisotopic (exact) mass is 216 g/mol. The van der Waals surface area contributed by atoms with Crippen LogP contribution < -0.4 is 5.73 Å². The number of rotatable bonds is 2. The van der Waals surface area contributed by atoms with Gasteiger partial charge >= 0.3 is 0 Å². The Morgan fingerprint density at radius 3 is 2.62 bits per heavy atom. The van der Waals surface area contributed by atoms with Crippen molar-refractivity contribution in [2.75, 3.05) is 0 Å². The van der Waals surface area contributed by atoms with Crippen LogP contribution in [0.1, 0.15) is 21.7 Å². The Labute approximate surface area is 92.9 Å². The number of hydrogen-bond acceptors (Lipinski definition) is 3. The summed E-state index contributed by atoms with van der Waals surface area (Å²) in [7, 11) is 0. The van der Waals surface area contributed by atoms with Gasteiger partial charge in [-0.2, -0.15) is 9.90 Å². The maximum absolute atomic E-state index is 11.0. The second-order valence-corrected chi connectivity index (χ2v) is 3.63. The van der Waals surface area contributed by atoms with Crippen LogP contribution in [0.2, 0.25) is 0 Å². The average Bonchev–Trinajstić information content (AvgIpc) is 2.60. The first kappa shape index (κ1) is 10.4. The molecule has 0 bridgehead atoms. The van der Waals surface area contributed by atoms with Crippen molar-refractivity contribution in [3.05, 3.63) is 41.2 Å². The van der Waals surface area contributed by atoms with Gasteiger partial charge in [0.1, 0.15) is 0 Å². The fraction of sp³-hybridized carbons (Fsp3) is 0.182. The molecule has 2 rings (SSSR count). The molecule has 0 spiro atoms. The Hall–Kier alpha value is -2.17. The van der Waals surface area contributed by atoms with Gasteiger partial charge in [-0.15, -0.1) is 5.10 Å². The van der Waals surface area contributed by atoms with Crippen LogP contribution in [0.25, 0.3) is 5.69 Å². The molecule has 5 nitrogen and oxygen atoms in total. The van der Waals surface area contributed by atoms with Crippen LogP contribution in [0.3, 0.4) is 0 Å². The molecule has 0 aliphatic heterocycles. The molecule has 2 N–H and O–H groups in total. The van der Waals surface area contributed by atoms with Gasteiger partial charge in [0, 0.05) is 0 Å². The van der Waals surface area contributed by atoms with Gasteiger partial charge in [0.15, 0.2) is 5.69 Å². The van der Waals surface area contributed by atoms with E-state index < -0.39 is 5.91 Å². The number of hydrogen-bond donors (Lipinski definition) is 1. The van der Waals surface area contributed by atoms with Crippen LogP contribution in [0.4, 0.5) is 0 Å². The van der Waals surface area contributed by atoms with Crippen molar-refractivity contribution in [2.45, 2.75) is 13.8 Å². The standard InChI is InChI=1S/C11H12N4O/c1-7-4-3-5-9(6-7)15-13-8(2)10(14-15)11(12)16/h3-6H,1-2H3,(H2,12,16). The van der Waals surface area contributed by atoms with Crippen molar-refractivity contribution in [3.63, 3.8) is 0 Å². The van der Waals surface area contributed by atoms with E-state index in [1.165, 1.54) is 4.80 Å². The first-order valence-electron chi connectivity index (χ1n) is 4.88. The molecule has 0 saturated heterocycles. The lowest BCUT2D eigenvalue weighted by molar-refractivity contribution is 0.0994. The maximum atomic E-state index is 11.0. The van der Waals surface area contributed by atoms with Crippen LogP contribution in [-0.2, 0) is 0 Å². The summed E-state index contributed by atoms with van der Waals surface area (Å²) in [6.45, 7) is 3.69. The predicted octanol–water partition coefficient (Wildman–Crippen LogP) is 0.983. The second-order valence-electron chi connectivity index (χ2n) is 3.63. The number of nitrogens with zero attached hydrogens (tertiary/aromatic N) is 3. The lowest BCUT2D eigenvalue weighted by Crippen LogP contribution is -2.13. The van der Waals surface area contributed by atoms with Crippen molar-refractivity contribution < 1.29 is 4.79 Å². The van der Waals surface area contributed by atoms with Crippen molar-refractivity contribution >= 4 is 5.91 Å². The summed E-state index contributed by atoms with van der Waals surface area (Å²) in [5, 5.41) is 8.20. The Kier molecular flexibility index (Phi) is 2.44. The first-order chi connectivity index (χ1) is 7.58. The molecule has 0 unspecified atom stereocenters. The third-order valence-corrected chi connectivity index (χ3v) is 2.25. The molecule has 16 heavy (non-hydrogen) atoms. The third kappa shape index (κ3) is 1.79. The summed E-state index contributed by atoms with van der Waals surface area (Å²) >= 11 is 0. The van der Waals surface area contributed by atoms with Gasteiger partial charge in [0.05, 0.1) is 11.4 Å². The van der Waals surface area contributed by atoms with E-state index in [9.17, 15) is 4.79 Å². The molecule has 0 aliphatic rings. The number of benzene rings is 1. The highest BCUT2D eigenvalue weighted by Crippen LogP contribution is 2.09. The van der Waals surface area contributed by atoms with E-state index in [0.717, 1.165) is 11.3 Å². The molecule has 0 aliphatic carbocycles. The molecule has 1 aromatic heterocycles. The van der Waals surface area contributed by atoms with Crippen molar-refractivity contribution in [1.29, 1.82) is 0 Å². The van der Waals surface area contributed by atoms with Gasteiger partial charge in [0.2, 0.25) is 0 Å². The molecular formula is C11H12N4O. The highest BCUT2D eigenvalue weighted by atomic mass is 16.1. The predicted molar refractivity (Wildman–Crippen MR) is 59.4 cm³/mol. The maximum Gasteiger partial charge on any atom is 0.271 e. The molecule has 82 valence electrons. The third-order valence-electron chi connectivity index (χ3n) is 2.25. The summed E-state index contributed by atoms with van der Waals surface area (Å²) in [6, 6.07) is 7.70. The van der Waals surface area contributed by atoms with E-state index >= 15 is 0 Å². The SMILES string of the molecule is Cc1cccc(-n2nc(C)c(C(N)=O)n2)c1. The van der Waals surface area contributed by atoms with Gasteiger partial charge in [-0.05, 0) is 31.5 Å². The molecule has 2 aromatic rings. The molecule has 1 heterocycles. The van der Waals surface area contributed by atoms with Crippen molar-refractivity contribution in [3.8, 4) is 5.69 Å².